The molecule has 0 bridgehead atoms. The minimum absolute atomic E-state index is 0.0870. The fourth-order valence-electron chi connectivity index (χ4n) is 5.29. The lowest BCUT2D eigenvalue weighted by molar-refractivity contribution is -0.274. The van der Waals surface area contributed by atoms with Gasteiger partial charge in [-0.3, -0.25) is 4.90 Å². The summed E-state index contributed by atoms with van der Waals surface area (Å²) in [6.45, 7) is 8.66. The molecule has 4 rings (SSSR count). The third-order valence-corrected chi connectivity index (χ3v) is 7.07. The van der Waals surface area contributed by atoms with E-state index in [-0.39, 0.29) is 18.1 Å². The Labute approximate surface area is 215 Å². The number of alkyl halides is 3. The molecule has 2 aliphatic heterocycles. The summed E-state index contributed by atoms with van der Waals surface area (Å²) < 4.78 is 40.9. The lowest BCUT2D eigenvalue weighted by Gasteiger charge is -2.44. The summed E-state index contributed by atoms with van der Waals surface area (Å²) >= 11 is 0. The van der Waals surface area contributed by atoms with Gasteiger partial charge in [0.1, 0.15) is 0 Å². The molecular weight excluding hydrogens is 485 g/mol. The van der Waals surface area contributed by atoms with Crippen molar-refractivity contribution in [3.05, 3.63) is 48.3 Å². The van der Waals surface area contributed by atoms with E-state index in [9.17, 15) is 18.0 Å². The van der Waals surface area contributed by atoms with Gasteiger partial charge in [0.05, 0.1) is 12.4 Å². The highest BCUT2D eigenvalue weighted by Gasteiger charge is 2.35. The smallest absolute Gasteiger partial charge is 0.402 e. The highest BCUT2D eigenvalue weighted by Crippen LogP contribution is 2.25. The number of benzene rings is 1. The summed E-state index contributed by atoms with van der Waals surface area (Å²) in [6, 6.07) is 10.2. The number of ether oxygens (including phenoxy) is 1. The Morgan fingerprint density at radius 1 is 1.05 bits per heavy atom. The van der Waals surface area contributed by atoms with Crippen LogP contribution in [0.3, 0.4) is 0 Å². The fourth-order valence-corrected chi connectivity index (χ4v) is 5.29. The predicted molar refractivity (Wildman–Crippen MR) is 134 cm³/mol. The number of nitrogens with one attached hydrogen (secondary N) is 1. The van der Waals surface area contributed by atoms with Crippen molar-refractivity contribution >= 4 is 12.0 Å². The number of aromatic nitrogens is 2. The summed E-state index contributed by atoms with van der Waals surface area (Å²) in [5, 5.41) is 3.10. The topological polar surface area (TPSA) is 73.8 Å². The molecule has 2 fully saturated rings. The zero-order chi connectivity index (χ0) is 26.4. The second kappa shape index (κ2) is 12.0. The van der Waals surface area contributed by atoms with Crippen LogP contribution in [0.4, 0.5) is 23.9 Å². The number of piperidine rings is 1. The lowest BCUT2D eigenvalue weighted by atomic mass is 9.93. The Morgan fingerprint density at radius 2 is 1.68 bits per heavy atom. The molecule has 8 nitrogen and oxygen atoms in total. The first kappa shape index (κ1) is 27.0. The van der Waals surface area contributed by atoms with Gasteiger partial charge >= 0.3 is 12.4 Å². The van der Waals surface area contributed by atoms with E-state index in [4.69, 9.17) is 0 Å². The van der Waals surface area contributed by atoms with Gasteiger partial charge in [-0.15, -0.1) is 13.2 Å². The normalized spacial score (nSPS) is 21.6. The van der Waals surface area contributed by atoms with E-state index in [1.54, 1.807) is 0 Å². The molecular formula is C26H35F3N6O2. The van der Waals surface area contributed by atoms with Crippen molar-refractivity contribution in [3.8, 4) is 5.75 Å². The van der Waals surface area contributed by atoms with Gasteiger partial charge in [-0.1, -0.05) is 30.3 Å². The van der Waals surface area contributed by atoms with E-state index >= 15 is 0 Å². The maximum atomic E-state index is 13.0. The van der Waals surface area contributed by atoms with Crippen LogP contribution in [-0.2, 0) is 6.54 Å². The third-order valence-electron chi connectivity index (χ3n) is 7.07. The zero-order valence-electron chi connectivity index (χ0n) is 21.3. The van der Waals surface area contributed by atoms with Crippen molar-refractivity contribution < 1.29 is 22.7 Å². The number of rotatable bonds is 7. The van der Waals surface area contributed by atoms with Gasteiger partial charge in [0.15, 0.2) is 5.75 Å². The van der Waals surface area contributed by atoms with Gasteiger partial charge < -0.3 is 19.9 Å². The minimum Gasteiger partial charge on any atom is -0.402 e. The quantitative estimate of drug-likeness (QED) is 0.588. The van der Waals surface area contributed by atoms with Crippen LogP contribution >= 0.6 is 0 Å². The van der Waals surface area contributed by atoms with Crippen molar-refractivity contribution in [1.82, 2.24) is 25.1 Å². The number of amides is 2. The average Bonchev–Trinajstić information content (AvgIpc) is 2.85. The van der Waals surface area contributed by atoms with E-state index in [1.807, 2.05) is 29.7 Å². The Hall–Kier alpha value is -3.08. The highest BCUT2D eigenvalue weighted by atomic mass is 19.4. The minimum atomic E-state index is -4.79. The van der Waals surface area contributed by atoms with Gasteiger partial charge in [0, 0.05) is 38.3 Å². The molecule has 11 heteroatoms. The number of urea groups is 1. The second-order valence-electron chi connectivity index (χ2n) is 10.0. The summed E-state index contributed by atoms with van der Waals surface area (Å²) in [7, 11) is 0. The van der Waals surface area contributed by atoms with Crippen LogP contribution in [0.25, 0.3) is 0 Å². The van der Waals surface area contributed by atoms with E-state index in [1.165, 1.54) is 5.56 Å². The number of nitrogens with zero attached hydrogens (tertiary/aromatic N) is 5. The van der Waals surface area contributed by atoms with Gasteiger partial charge in [-0.25, -0.2) is 14.8 Å². The molecule has 2 aromatic rings. The van der Waals surface area contributed by atoms with Gasteiger partial charge in [-0.2, -0.15) is 0 Å². The third kappa shape index (κ3) is 7.70. The summed E-state index contributed by atoms with van der Waals surface area (Å²) in [4.78, 5) is 27.2. The summed E-state index contributed by atoms with van der Waals surface area (Å²) in [5.74, 6) is 0.463. The standard InChI is InChI=1S/C26H35F3N6O2/c1-19-16-34(24-31-14-23(15-32-24)37-26(27,28)29)17-20(2)35(19)25(36)30-11-8-21-9-12-33(13-10-21)18-22-6-4-3-5-7-22/h3-7,14-15,19-21H,8-13,16-18H2,1-2H3,(H,30,36)/t19-,20+. The van der Waals surface area contributed by atoms with Crippen LogP contribution in [0.15, 0.2) is 42.7 Å². The predicted octanol–water partition coefficient (Wildman–Crippen LogP) is 4.29. The number of halogens is 3. The fraction of sp³-hybridized carbons (Fsp3) is 0.577. The van der Waals surface area contributed by atoms with Gasteiger partial charge in [-0.05, 0) is 57.7 Å². The highest BCUT2D eigenvalue weighted by molar-refractivity contribution is 5.75. The van der Waals surface area contributed by atoms with Gasteiger partial charge in [0.2, 0.25) is 5.95 Å². The molecule has 1 aromatic heterocycles. The molecule has 0 radical (unpaired) electrons. The molecule has 1 aromatic carbocycles. The van der Waals surface area contributed by atoms with Crippen molar-refractivity contribution in [2.24, 2.45) is 5.92 Å². The second-order valence-corrected chi connectivity index (χ2v) is 10.0. The molecule has 2 saturated heterocycles. The maximum absolute atomic E-state index is 13.0. The number of carbonyl (C=O) groups excluding carboxylic acids is 1. The maximum Gasteiger partial charge on any atom is 0.573 e. The monoisotopic (exact) mass is 520 g/mol. The van der Waals surface area contributed by atoms with Crippen LogP contribution in [0.2, 0.25) is 0 Å². The molecule has 37 heavy (non-hydrogen) atoms. The number of likely N-dealkylation sites (tertiary alicyclic amines) is 1. The molecule has 0 saturated carbocycles. The molecule has 2 aliphatic rings. The van der Waals surface area contributed by atoms with Crippen LogP contribution in [0.1, 0.15) is 38.7 Å². The number of anilines is 1. The van der Waals surface area contributed by atoms with Crippen LogP contribution in [-0.4, -0.2) is 77.0 Å². The number of hydrogen-bond acceptors (Lipinski definition) is 6. The van der Waals surface area contributed by atoms with E-state index in [0.717, 1.165) is 51.3 Å². The van der Waals surface area contributed by atoms with Crippen molar-refractivity contribution in [2.75, 3.05) is 37.6 Å². The molecule has 2 atom stereocenters. The zero-order valence-corrected chi connectivity index (χ0v) is 21.3. The number of carbonyl (C=O) groups is 1. The van der Waals surface area contributed by atoms with E-state index in [0.29, 0.717) is 31.5 Å². The van der Waals surface area contributed by atoms with Crippen LogP contribution in [0.5, 0.6) is 5.75 Å². The Balaban J connectivity index is 1.19. The SMILES string of the molecule is C[C@@H]1CN(c2ncc(OC(F)(F)F)cn2)C[C@H](C)N1C(=O)NCCC1CCN(Cc2ccccc2)CC1. The van der Waals surface area contributed by atoms with Gasteiger partial charge in [0.25, 0.3) is 0 Å². The largest absolute Gasteiger partial charge is 0.573 e. The Bertz CT molecular complexity index is 988. The van der Waals surface area contributed by atoms with Crippen molar-refractivity contribution in [2.45, 2.75) is 58.1 Å². The first-order chi connectivity index (χ1) is 17.7. The molecule has 0 unspecified atom stereocenters. The first-order valence-corrected chi connectivity index (χ1v) is 12.8. The molecule has 202 valence electrons. The first-order valence-electron chi connectivity index (χ1n) is 12.8. The number of hydrogen-bond donors (Lipinski definition) is 1. The van der Waals surface area contributed by atoms with Crippen LogP contribution < -0.4 is 15.0 Å². The Kier molecular flexibility index (Phi) is 8.73. The Morgan fingerprint density at radius 3 is 2.27 bits per heavy atom. The van der Waals surface area contributed by atoms with Crippen LogP contribution in [0, 0.1) is 5.92 Å². The van der Waals surface area contributed by atoms with Crippen molar-refractivity contribution in [3.63, 3.8) is 0 Å². The summed E-state index contributed by atoms with van der Waals surface area (Å²) in [5.41, 5.74) is 1.34. The summed E-state index contributed by atoms with van der Waals surface area (Å²) in [6.07, 6.45) is 0.481. The van der Waals surface area contributed by atoms with E-state index in [2.05, 4.69) is 49.2 Å². The number of piperazine rings is 1. The van der Waals surface area contributed by atoms with Crippen molar-refractivity contribution in [1.29, 1.82) is 0 Å². The molecule has 3 heterocycles. The average molecular weight is 521 g/mol. The molecule has 0 aliphatic carbocycles. The molecule has 0 spiro atoms. The lowest BCUT2D eigenvalue weighted by Crippen LogP contribution is -2.61. The molecule has 1 N–H and O–H groups in total. The molecule has 2 amide bonds. The van der Waals surface area contributed by atoms with E-state index < -0.39 is 12.1 Å².